The van der Waals surface area contributed by atoms with Crippen molar-refractivity contribution in [1.29, 1.82) is 0 Å². The zero-order chi connectivity index (χ0) is 13.7. The summed E-state index contributed by atoms with van der Waals surface area (Å²) in [4.78, 5) is 15.9. The van der Waals surface area contributed by atoms with Gasteiger partial charge in [0.15, 0.2) is 0 Å². The van der Waals surface area contributed by atoms with Gasteiger partial charge in [0.1, 0.15) is 5.82 Å². The molecule has 0 radical (unpaired) electrons. The number of carbonyl (C=O) groups is 1. The van der Waals surface area contributed by atoms with Crippen LogP contribution in [0.1, 0.15) is 23.9 Å². The number of imidazole rings is 1. The minimum absolute atomic E-state index is 0.0700. The summed E-state index contributed by atoms with van der Waals surface area (Å²) >= 11 is 0. The molecule has 2 aromatic rings. The smallest absolute Gasteiger partial charge is 0.222 e. The van der Waals surface area contributed by atoms with Crippen LogP contribution in [0, 0.1) is 0 Å². The van der Waals surface area contributed by atoms with Crippen LogP contribution in [-0.4, -0.2) is 15.5 Å². The predicted octanol–water partition coefficient (Wildman–Crippen LogP) is 1.13. The average Bonchev–Trinajstić information content (AvgIpc) is 2.83. The first-order chi connectivity index (χ1) is 9.16. The normalized spacial score (nSPS) is 12.1. The lowest BCUT2D eigenvalue weighted by Crippen LogP contribution is -2.28. The summed E-state index contributed by atoms with van der Waals surface area (Å²) in [5.41, 5.74) is 6.96. The molecule has 5 heteroatoms. The summed E-state index contributed by atoms with van der Waals surface area (Å²) in [6.45, 7) is 0.420. The van der Waals surface area contributed by atoms with Crippen LogP contribution in [0.4, 0.5) is 0 Å². The summed E-state index contributed by atoms with van der Waals surface area (Å²) in [6.07, 6.45) is 3.82. The Morgan fingerprint density at radius 3 is 2.79 bits per heavy atom. The van der Waals surface area contributed by atoms with Gasteiger partial charge in [0.05, 0.1) is 6.54 Å². The highest BCUT2D eigenvalue weighted by atomic mass is 16.1. The minimum atomic E-state index is -0.275. The largest absolute Gasteiger partial charge is 0.349 e. The number of amides is 1. The first-order valence-corrected chi connectivity index (χ1v) is 6.20. The third kappa shape index (κ3) is 3.66. The molecule has 1 aromatic heterocycles. The fourth-order valence-corrected chi connectivity index (χ4v) is 1.83. The van der Waals surface area contributed by atoms with E-state index in [1.54, 1.807) is 6.20 Å². The minimum Gasteiger partial charge on any atom is -0.349 e. The zero-order valence-corrected chi connectivity index (χ0v) is 10.9. The lowest BCUT2D eigenvalue weighted by molar-refractivity contribution is -0.121. The first kappa shape index (κ1) is 13.3. The molecule has 0 aliphatic carbocycles. The number of hydrogen-bond donors (Lipinski definition) is 2. The molecular formula is C14H18N4O. The maximum atomic E-state index is 11.8. The van der Waals surface area contributed by atoms with Crippen LogP contribution >= 0.6 is 0 Å². The fourth-order valence-electron chi connectivity index (χ4n) is 1.83. The molecule has 0 saturated carbocycles. The zero-order valence-electron chi connectivity index (χ0n) is 10.9. The lowest BCUT2D eigenvalue weighted by Gasteiger charge is -2.12. The molecule has 1 amide bonds. The monoisotopic (exact) mass is 258 g/mol. The molecule has 2 rings (SSSR count). The van der Waals surface area contributed by atoms with E-state index in [1.807, 2.05) is 48.1 Å². The van der Waals surface area contributed by atoms with Crippen molar-refractivity contribution in [3.63, 3.8) is 0 Å². The number of hydrogen-bond acceptors (Lipinski definition) is 3. The second-order valence-electron chi connectivity index (χ2n) is 4.45. The predicted molar refractivity (Wildman–Crippen MR) is 73.0 cm³/mol. The Kier molecular flexibility index (Phi) is 4.30. The lowest BCUT2D eigenvalue weighted by atomic mass is 10.0. The van der Waals surface area contributed by atoms with Crippen molar-refractivity contribution in [2.45, 2.75) is 19.0 Å². The molecule has 100 valence electrons. The van der Waals surface area contributed by atoms with Gasteiger partial charge in [0.2, 0.25) is 5.91 Å². The van der Waals surface area contributed by atoms with Gasteiger partial charge in [-0.05, 0) is 5.56 Å². The molecule has 3 N–H and O–H groups in total. The standard InChI is InChI=1S/C14H18N4O/c1-18-8-7-16-13(18)10-17-14(19)9-12(15)11-5-3-2-4-6-11/h2-8,12H,9-10,15H2,1H3,(H,17,19). The number of benzene rings is 1. The molecule has 0 fully saturated rings. The second-order valence-corrected chi connectivity index (χ2v) is 4.45. The van der Waals surface area contributed by atoms with E-state index in [0.29, 0.717) is 6.54 Å². The maximum Gasteiger partial charge on any atom is 0.222 e. The summed E-state index contributed by atoms with van der Waals surface area (Å²) in [5, 5.41) is 2.82. The second kappa shape index (κ2) is 6.15. The number of carbonyl (C=O) groups excluding carboxylic acids is 1. The molecule has 0 saturated heterocycles. The van der Waals surface area contributed by atoms with Crippen LogP contribution < -0.4 is 11.1 Å². The Morgan fingerprint density at radius 2 is 2.16 bits per heavy atom. The van der Waals surface area contributed by atoms with Crippen LogP contribution in [0.3, 0.4) is 0 Å². The Morgan fingerprint density at radius 1 is 1.42 bits per heavy atom. The highest BCUT2D eigenvalue weighted by molar-refractivity contribution is 5.76. The molecule has 1 aromatic carbocycles. The van der Waals surface area contributed by atoms with Gasteiger partial charge in [0, 0.05) is 31.9 Å². The summed E-state index contributed by atoms with van der Waals surface area (Å²) < 4.78 is 1.87. The van der Waals surface area contributed by atoms with Crippen LogP contribution in [0.15, 0.2) is 42.7 Å². The van der Waals surface area contributed by atoms with E-state index < -0.39 is 0 Å². The summed E-state index contributed by atoms with van der Waals surface area (Å²) in [7, 11) is 1.89. The summed E-state index contributed by atoms with van der Waals surface area (Å²) in [6, 6.07) is 9.34. The van der Waals surface area contributed by atoms with E-state index in [0.717, 1.165) is 11.4 Å². The molecule has 0 bridgehead atoms. The first-order valence-electron chi connectivity index (χ1n) is 6.20. The number of nitrogens with one attached hydrogen (secondary N) is 1. The fraction of sp³-hybridized carbons (Fsp3) is 0.286. The van der Waals surface area contributed by atoms with Gasteiger partial charge in [0.25, 0.3) is 0 Å². The Bertz CT molecular complexity index is 535. The topological polar surface area (TPSA) is 72.9 Å². The quantitative estimate of drug-likeness (QED) is 0.844. The van der Waals surface area contributed by atoms with Gasteiger partial charge in [-0.25, -0.2) is 4.98 Å². The molecule has 0 aliphatic rings. The van der Waals surface area contributed by atoms with Gasteiger partial charge in [-0.15, -0.1) is 0 Å². The van der Waals surface area contributed by atoms with Crippen molar-refractivity contribution in [3.05, 3.63) is 54.1 Å². The highest BCUT2D eigenvalue weighted by Gasteiger charge is 2.11. The Hall–Kier alpha value is -2.14. The number of nitrogens with zero attached hydrogens (tertiary/aromatic N) is 2. The number of rotatable bonds is 5. The van der Waals surface area contributed by atoms with Gasteiger partial charge in [-0.1, -0.05) is 30.3 Å². The third-order valence-corrected chi connectivity index (χ3v) is 3.00. The van der Waals surface area contributed by atoms with E-state index in [4.69, 9.17) is 5.73 Å². The van der Waals surface area contributed by atoms with E-state index in [1.165, 1.54) is 0 Å². The van der Waals surface area contributed by atoms with Crippen molar-refractivity contribution in [2.24, 2.45) is 12.8 Å². The van der Waals surface area contributed by atoms with Crippen LogP contribution in [-0.2, 0) is 18.4 Å². The highest BCUT2D eigenvalue weighted by Crippen LogP contribution is 2.12. The van der Waals surface area contributed by atoms with Crippen LogP contribution in [0.25, 0.3) is 0 Å². The van der Waals surface area contributed by atoms with Gasteiger partial charge < -0.3 is 15.6 Å². The van der Waals surface area contributed by atoms with E-state index >= 15 is 0 Å². The molecule has 1 unspecified atom stereocenters. The molecule has 1 heterocycles. The van der Waals surface area contributed by atoms with Crippen molar-refractivity contribution >= 4 is 5.91 Å². The van der Waals surface area contributed by atoms with E-state index in [9.17, 15) is 4.79 Å². The summed E-state index contributed by atoms with van der Waals surface area (Å²) in [5.74, 6) is 0.751. The van der Waals surface area contributed by atoms with Crippen molar-refractivity contribution in [1.82, 2.24) is 14.9 Å². The van der Waals surface area contributed by atoms with Crippen LogP contribution in [0.5, 0.6) is 0 Å². The van der Waals surface area contributed by atoms with Gasteiger partial charge in [-0.3, -0.25) is 4.79 Å². The van der Waals surface area contributed by atoms with E-state index in [2.05, 4.69) is 10.3 Å². The van der Waals surface area contributed by atoms with E-state index in [-0.39, 0.29) is 18.4 Å². The third-order valence-electron chi connectivity index (χ3n) is 3.00. The molecule has 0 spiro atoms. The van der Waals surface area contributed by atoms with Crippen LogP contribution in [0.2, 0.25) is 0 Å². The van der Waals surface area contributed by atoms with Crippen molar-refractivity contribution in [3.8, 4) is 0 Å². The Labute approximate surface area is 112 Å². The average molecular weight is 258 g/mol. The Balaban J connectivity index is 1.83. The molecule has 1 atom stereocenters. The van der Waals surface area contributed by atoms with Crippen molar-refractivity contribution < 1.29 is 4.79 Å². The molecule has 5 nitrogen and oxygen atoms in total. The molecular weight excluding hydrogens is 240 g/mol. The molecule has 19 heavy (non-hydrogen) atoms. The number of nitrogens with two attached hydrogens (primary N) is 1. The van der Waals surface area contributed by atoms with Crippen molar-refractivity contribution in [2.75, 3.05) is 0 Å². The molecule has 0 aliphatic heterocycles. The number of aromatic nitrogens is 2. The van der Waals surface area contributed by atoms with Gasteiger partial charge >= 0.3 is 0 Å². The SMILES string of the molecule is Cn1ccnc1CNC(=O)CC(N)c1ccccc1. The maximum absolute atomic E-state index is 11.8. The number of aryl methyl sites for hydroxylation is 1. The van der Waals surface area contributed by atoms with Gasteiger partial charge in [-0.2, -0.15) is 0 Å².